The molecule has 0 spiro atoms. The van der Waals surface area contributed by atoms with Crippen molar-refractivity contribution in [3.63, 3.8) is 0 Å². The Morgan fingerprint density at radius 2 is 0.975 bits per heavy atom. The summed E-state index contributed by atoms with van der Waals surface area (Å²) in [6, 6.07) is 43.0. The quantitative estimate of drug-likeness (QED) is 0.106. The zero-order valence-electron chi connectivity index (χ0n) is 45.2. The Bertz CT molecular complexity index is 4190. The zero-order chi connectivity index (χ0) is 55.8. The highest BCUT2D eigenvalue weighted by atomic mass is 19.1. The molecule has 0 aliphatic rings. The largest absolute Gasteiger partial charge is 0.455 e. The number of ketones is 2. The molecule has 79 heavy (non-hydrogen) atoms. The van der Waals surface area contributed by atoms with E-state index < -0.39 is 5.82 Å². The van der Waals surface area contributed by atoms with Gasteiger partial charge in [-0.2, -0.15) is 10.2 Å². The summed E-state index contributed by atoms with van der Waals surface area (Å²) in [6.07, 6.45) is 3.70. The third-order valence-corrected chi connectivity index (χ3v) is 13.6. The number of nitrogens with one attached hydrogen (secondary N) is 2. The molecule has 400 valence electrons. The fraction of sp³-hybridized carbons (Fsp3) is 0.226. The van der Waals surface area contributed by atoms with Crippen LogP contribution in [0.15, 0.2) is 162 Å². The average Bonchev–Trinajstić information content (AvgIpc) is 4.20. The molecule has 0 bridgehead atoms. The van der Waals surface area contributed by atoms with Crippen molar-refractivity contribution in [2.45, 2.75) is 78.1 Å². The number of hydrogen-bond acceptors (Lipinski definition) is 10. The SMILES string of the molecule is Cn1c(=O)[nH]c2nccc(Oc3ccc(CC(=O)Cc4cc(C(C)(C)C)nn4-c4ccccc4)c(F)c3)c21.Cn1c(=O)[nH]c2nccc(Oc3ccc(CC(=O)Cc4cc(C(C)(C)C)nn4-c4ccccc4)c4ccccc34)c21. The van der Waals surface area contributed by atoms with Gasteiger partial charge in [-0.1, -0.05) is 114 Å². The van der Waals surface area contributed by atoms with E-state index in [4.69, 9.17) is 19.7 Å². The Morgan fingerprint density at radius 3 is 1.47 bits per heavy atom. The average molecular weight is 1060 g/mol. The first kappa shape index (κ1) is 52.9. The van der Waals surface area contributed by atoms with E-state index in [9.17, 15) is 19.2 Å². The number of ether oxygens (including phenoxy) is 2. The molecule has 0 fully saturated rings. The van der Waals surface area contributed by atoms with Crippen LogP contribution in [0.4, 0.5) is 4.39 Å². The summed E-state index contributed by atoms with van der Waals surface area (Å²) in [5.74, 6) is 1.19. The van der Waals surface area contributed by atoms with Crippen LogP contribution >= 0.6 is 0 Å². The molecule has 11 rings (SSSR count). The molecule has 11 aromatic rings. The third-order valence-electron chi connectivity index (χ3n) is 13.6. The van der Waals surface area contributed by atoms with Crippen molar-refractivity contribution in [2.24, 2.45) is 14.1 Å². The number of aryl methyl sites for hydroxylation is 2. The second-order valence-corrected chi connectivity index (χ2v) is 21.5. The molecular weight excluding hydrogens is 1000 g/mol. The zero-order valence-corrected chi connectivity index (χ0v) is 45.2. The van der Waals surface area contributed by atoms with E-state index in [1.807, 2.05) is 114 Å². The van der Waals surface area contributed by atoms with E-state index in [0.29, 0.717) is 39.6 Å². The van der Waals surface area contributed by atoms with Crippen LogP contribution in [0.2, 0.25) is 0 Å². The molecular formula is C62H59FN10O6. The molecule has 0 saturated carbocycles. The van der Waals surface area contributed by atoms with Crippen LogP contribution in [0.5, 0.6) is 23.0 Å². The summed E-state index contributed by atoms with van der Waals surface area (Å²) in [4.78, 5) is 64.4. The maximum absolute atomic E-state index is 15.0. The first-order chi connectivity index (χ1) is 37.8. The molecule has 5 aromatic carbocycles. The number of hydrogen-bond donors (Lipinski definition) is 2. The highest BCUT2D eigenvalue weighted by molar-refractivity contribution is 5.95. The molecule has 6 aromatic heterocycles. The summed E-state index contributed by atoms with van der Waals surface area (Å²) >= 11 is 0. The number of fused-ring (bicyclic) bond motifs is 3. The summed E-state index contributed by atoms with van der Waals surface area (Å²) in [6.45, 7) is 12.6. The van der Waals surface area contributed by atoms with Gasteiger partial charge in [-0.3, -0.25) is 28.7 Å². The fourth-order valence-electron chi connectivity index (χ4n) is 9.36. The monoisotopic (exact) mass is 1060 g/mol. The Kier molecular flexibility index (Phi) is 14.4. The third kappa shape index (κ3) is 11.3. The number of rotatable bonds is 14. The topological polar surface area (TPSA) is 190 Å². The number of halogens is 1. The smallest absolute Gasteiger partial charge is 0.327 e. The van der Waals surface area contributed by atoms with Crippen molar-refractivity contribution in [1.82, 2.24) is 48.6 Å². The first-order valence-electron chi connectivity index (χ1n) is 25.8. The number of benzene rings is 5. The number of para-hydroxylation sites is 2. The lowest BCUT2D eigenvalue weighted by Crippen LogP contribution is -2.13. The molecule has 0 atom stereocenters. The number of aromatic amines is 2. The highest BCUT2D eigenvalue weighted by Crippen LogP contribution is 2.36. The number of nitrogens with zero attached hydrogens (tertiary/aromatic N) is 8. The van der Waals surface area contributed by atoms with Crippen LogP contribution in [0.25, 0.3) is 44.5 Å². The molecule has 16 nitrogen and oxygen atoms in total. The molecule has 0 saturated heterocycles. The Labute approximate surface area is 454 Å². The van der Waals surface area contributed by atoms with Gasteiger partial charge in [0.2, 0.25) is 0 Å². The van der Waals surface area contributed by atoms with Gasteiger partial charge in [-0.25, -0.2) is 33.3 Å². The van der Waals surface area contributed by atoms with Crippen molar-refractivity contribution < 1.29 is 23.5 Å². The van der Waals surface area contributed by atoms with Crippen molar-refractivity contribution in [3.05, 3.63) is 213 Å². The lowest BCUT2D eigenvalue weighted by Gasteiger charge is -2.14. The van der Waals surface area contributed by atoms with Gasteiger partial charge >= 0.3 is 11.4 Å². The maximum Gasteiger partial charge on any atom is 0.327 e. The lowest BCUT2D eigenvalue weighted by molar-refractivity contribution is -0.118. The summed E-state index contributed by atoms with van der Waals surface area (Å²) in [5, 5.41) is 11.4. The van der Waals surface area contributed by atoms with Gasteiger partial charge in [-0.15, -0.1) is 0 Å². The van der Waals surface area contributed by atoms with Crippen molar-refractivity contribution in [2.75, 3.05) is 0 Å². The summed E-state index contributed by atoms with van der Waals surface area (Å²) in [5.41, 5.74) is 7.43. The van der Waals surface area contributed by atoms with Gasteiger partial charge in [0.25, 0.3) is 0 Å². The predicted molar refractivity (Wildman–Crippen MR) is 303 cm³/mol. The van der Waals surface area contributed by atoms with Gasteiger partial charge in [-0.05, 0) is 65.0 Å². The molecule has 17 heteroatoms. The number of imidazole rings is 2. The predicted octanol–water partition coefficient (Wildman–Crippen LogP) is 11.1. The molecule has 6 heterocycles. The van der Waals surface area contributed by atoms with Gasteiger partial charge in [0.1, 0.15) is 39.9 Å². The molecule has 0 aliphatic heterocycles. The van der Waals surface area contributed by atoms with E-state index in [1.165, 1.54) is 21.4 Å². The normalized spacial score (nSPS) is 11.8. The van der Waals surface area contributed by atoms with E-state index in [0.717, 1.165) is 50.5 Å². The van der Waals surface area contributed by atoms with Gasteiger partial charge in [0, 0.05) is 86.6 Å². The van der Waals surface area contributed by atoms with Crippen molar-refractivity contribution in [1.29, 1.82) is 0 Å². The fourth-order valence-corrected chi connectivity index (χ4v) is 9.36. The van der Waals surface area contributed by atoms with Gasteiger partial charge < -0.3 is 9.47 Å². The number of aromatic nitrogens is 10. The minimum atomic E-state index is -0.545. The Morgan fingerprint density at radius 1 is 0.519 bits per heavy atom. The number of pyridine rings is 2. The van der Waals surface area contributed by atoms with Crippen LogP contribution in [0.3, 0.4) is 0 Å². The van der Waals surface area contributed by atoms with Crippen molar-refractivity contribution >= 4 is 44.7 Å². The number of carbonyl (C=O) groups is 2. The van der Waals surface area contributed by atoms with Crippen molar-refractivity contribution in [3.8, 4) is 34.4 Å². The van der Waals surface area contributed by atoms with Crippen LogP contribution in [0.1, 0.15) is 75.4 Å². The lowest BCUT2D eigenvalue weighted by atomic mass is 9.92. The second kappa shape index (κ2) is 21.5. The van der Waals surface area contributed by atoms with Gasteiger partial charge in [0.05, 0.1) is 34.2 Å². The Balaban J connectivity index is 0.000000179. The minimum absolute atomic E-state index is 0.0667. The molecule has 0 aliphatic carbocycles. The first-order valence-corrected chi connectivity index (χ1v) is 25.8. The number of H-pyrrole nitrogens is 2. The van der Waals surface area contributed by atoms with Crippen LogP contribution < -0.4 is 20.9 Å². The number of Topliss-reactive ketones (excluding diaryl/α,β-unsaturated/α-hetero) is 2. The molecule has 2 N–H and O–H groups in total. The summed E-state index contributed by atoms with van der Waals surface area (Å²) in [7, 11) is 3.27. The Hall–Kier alpha value is -9.51. The van der Waals surface area contributed by atoms with Crippen LogP contribution in [-0.2, 0) is 60.2 Å². The van der Waals surface area contributed by atoms with E-state index >= 15 is 4.39 Å². The van der Waals surface area contributed by atoms with Crippen LogP contribution in [-0.4, -0.2) is 60.2 Å². The standard InChI is InChI=1S/C33H31N5O3.C29H28FN5O3/c1-33(2,3)29-20-23(38(36-29)22-10-6-5-7-11-22)19-24(39)18-21-14-15-27(26-13-9-8-12-25(21)26)41-28-16-17-34-31-30(28)37(4)32(40)35-31;1-29(2,3)25-16-20(35(33-25)19-8-6-5-7-9-19)15-21(36)14-18-10-11-22(17-23(18)30)38-24-12-13-31-27-26(24)34(4)28(37)32-27/h5-17,20H,18-19H2,1-4H3,(H,34,35,40);5-13,16-17H,14-15H2,1-4H3,(H,31,32,37). The number of carbonyl (C=O) groups excluding carboxylic acids is 2. The van der Waals surface area contributed by atoms with Gasteiger partial charge in [0.15, 0.2) is 22.8 Å². The van der Waals surface area contributed by atoms with E-state index in [-0.39, 0.29) is 70.8 Å². The summed E-state index contributed by atoms with van der Waals surface area (Å²) < 4.78 is 33.8. The molecule has 0 unspecified atom stereocenters. The van der Waals surface area contributed by atoms with E-state index in [2.05, 4.69) is 61.5 Å². The second-order valence-electron chi connectivity index (χ2n) is 21.5. The maximum atomic E-state index is 15.0. The van der Waals surface area contributed by atoms with E-state index in [1.54, 1.807) is 49.2 Å². The highest BCUT2D eigenvalue weighted by Gasteiger charge is 2.25. The van der Waals surface area contributed by atoms with Crippen LogP contribution in [0, 0.1) is 5.82 Å². The molecule has 0 radical (unpaired) electrons. The molecule has 0 amide bonds. The minimum Gasteiger partial charge on any atom is -0.455 e.